The smallest absolute Gasteiger partial charge is 0.166 e. The predicted molar refractivity (Wildman–Crippen MR) is 76.1 cm³/mol. The van der Waals surface area contributed by atoms with Crippen LogP contribution in [0.25, 0.3) is 16.9 Å². The maximum Gasteiger partial charge on any atom is 0.166 e. The molecule has 2 atom stereocenters. The van der Waals surface area contributed by atoms with E-state index in [1.54, 1.807) is 6.20 Å². The van der Waals surface area contributed by atoms with Crippen molar-refractivity contribution in [1.29, 1.82) is 0 Å². The first-order valence-corrected chi connectivity index (χ1v) is 6.94. The van der Waals surface area contributed by atoms with Crippen LogP contribution in [0.3, 0.4) is 0 Å². The molecule has 2 aromatic rings. The third kappa shape index (κ3) is 2.17. The van der Waals surface area contributed by atoms with Crippen LogP contribution in [0.1, 0.15) is 12.0 Å². The van der Waals surface area contributed by atoms with E-state index in [1.165, 1.54) is 11.1 Å². The molecule has 0 radical (unpaired) electrons. The Morgan fingerprint density at radius 3 is 2.65 bits per heavy atom. The molecule has 102 valence electrons. The van der Waals surface area contributed by atoms with Gasteiger partial charge in [0.15, 0.2) is 5.76 Å². The summed E-state index contributed by atoms with van der Waals surface area (Å²) in [5, 5.41) is 7.30. The zero-order chi connectivity index (χ0) is 13.4. The van der Waals surface area contributed by atoms with Gasteiger partial charge in [0.25, 0.3) is 0 Å². The highest BCUT2D eigenvalue weighted by Crippen LogP contribution is 2.28. The van der Waals surface area contributed by atoms with Gasteiger partial charge in [-0.3, -0.25) is 0 Å². The first-order valence-electron chi connectivity index (χ1n) is 6.94. The summed E-state index contributed by atoms with van der Waals surface area (Å²) in [6.45, 7) is 1.58. The van der Waals surface area contributed by atoms with Crippen molar-refractivity contribution in [1.82, 2.24) is 10.5 Å². The molecule has 0 spiro atoms. The highest BCUT2D eigenvalue weighted by atomic mass is 16.5. The lowest BCUT2D eigenvalue weighted by Gasteiger charge is -2.35. The Bertz CT molecular complexity index is 616. The van der Waals surface area contributed by atoms with E-state index in [9.17, 15) is 0 Å². The summed E-state index contributed by atoms with van der Waals surface area (Å²) in [5.41, 5.74) is 3.75. The van der Waals surface area contributed by atoms with Crippen LogP contribution in [0.15, 0.2) is 47.1 Å². The van der Waals surface area contributed by atoms with Crippen LogP contribution >= 0.6 is 0 Å². The average molecular weight is 268 g/mol. The van der Waals surface area contributed by atoms with Gasteiger partial charge in [-0.25, -0.2) is 0 Å². The summed E-state index contributed by atoms with van der Waals surface area (Å²) in [4.78, 5) is 0. The fourth-order valence-electron chi connectivity index (χ4n) is 2.95. The van der Waals surface area contributed by atoms with E-state index in [1.807, 2.05) is 6.07 Å². The summed E-state index contributed by atoms with van der Waals surface area (Å²) in [6, 6.07) is 11.2. The lowest BCUT2D eigenvalue weighted by molar-refractivity contribution is 0.0561. The summed E-state index contributed by atoms with van der Waals surface area (Å²) >= 11 is 0. The Morgan fingerprint density at radius 2 is 1.90 bits per heavy atom. The van der Waals surface area contributed by atoms with Crippen LogP contribution in [0.5, 0.6) is 0 Å². The van der Waals surface area contributed by atoms with Gasteiger partial charge in [-0.2, -0.15) is 0 Å². The molecule has 4 rings (SSSR count). The van der Waals surface area contributed by atoms with Crippen molar-refractivity contribution in [3.8, 4) is 11.3 Å². The van der Waals surface area contributed by atoms with Gasteiger partial charge >= 0.3 is 0 Å². The Morgan fingerprint density at radius 1 is 1.05 bits per heavy atom. The van der Waals surface area contributed by atoms with Crippen LogP contribution in [0.2, 0.25) is 0 Å². The second kappa shape index (κ2) is 4.89. The normalized spacial score (nSPS) is 25.3. The van der Waals surface area contributed by atoms with Crippen molar-refractivity contribution < 1.29 is 9.26 Å². The molecule has 4 heteroatoms. The molecule has 1 aromatic heterocycles. The van der Waals surface area contributed by atoms with E-state index in [0.29, 0.717) is 12.1 Å². The lowest BCUT2D eigenvalue weighted by atomic mass is 9.91. The third-order valence-electron chi connectivity index (χ3n) is 3.91. The van der Waals surface area contributed by atoms with Crippen molar-refractivity contribution in [2.24, 2.45) is 0 Å². The van der Waals surface area contributed by atoms with Gasteiger partial charge in [0.05, 0.1) is 19.4 Å². The number of fused-ring (bicyclic) bond motifs is 2. The van der Waals surface area contributed by atoms with Gasteiger partial charge in [0.1, 0.15) is 0 Å². The van der Waals surface area contributed by atoms with Gasteiger partial charge < -0.3 is 14.6 Å². The molecule has 1 fully saturated rings. The topological polar surface area (TPSA) is 47.3 Å². The molecule has 20 heavy (non-hydrogen) atoms. The molecule has 2 unspecified atom stereocenters. The summed E-state index contributed by atoms with van der Waals surface area (Å²) in [5.74, 6) is 0.807. The van der Waals surface area contributed by atoms with Crippen LogP contribution < -0.4 is 5.32 Å². The number of ether oxygens (including phenoxy) is 1. The van der Waals surface area contributed by atoms with Crippen molar-refractivity contribution in [2.45, 2.75) is 18.5 Å². The quantitative estimate of drug-likeness (QED) is 0.909. The Labute approximate surface area is 117 Å². The van der Waals surface area contributed by atoms with E-state index in [-0.39, 0.29) is 0 Å². The maximum absolute atomic E-state index is 5.56. The van der Waals surface area contributed by atoms with Crippen molar-refractivity contribution in [3.63, 3.8) is 0 Å². The van der Waals surface area contributed by atoms with Gasteiger partial charge in [-0.1, -0.05) is 35.5 Å². The molecular weight excluding hydrogens is 252 g/mol. The Hall–Kier alpha value is -1.91. The van der Waals surface area contributed by atoms with Crippen LogP contribution in [-0.2, 0) is 4.74 Å². The van der Waals surface area contributed by atoms with Gasteiger partial charge in [0.2, 0.25) is 0 Å². The summed E-state index contributed by atoms with van der Waals surface area (Å²) in [6.07, 6.45) is 4.98. The molecular formula is C16H16N2O2. The first-order chi connectivity index (χ1) is 9.88. The molecule has 4 nitrogen and oxygen atoms in total. The molecule has 1 aromatic carbocycles. The highest BCUT2D eigenvalue weighted by molar-refractivity contribution is 5.70. The van der Waals surface area contributed by atoms with Gasteiger partial charge in [-0.05, 0) is 17.6 Å². The fraction of sp³-hybridized carbons (Fsp3) is 0.312. The van der Waals surface area contributed by atoms with E-state index < -0.39 is 0 Å². The minimum absolute atomic E-state index is 0.353. The number of hydrogen-bond acceptors (Lipinski definition) is 4. The lowest BCUT2D eigenvalue weighted by Crippen LogP contribution is -2.50. The van der Waals surface area contributed by atoms with E-state index >= 15 is 0 Å². The molecule has 0 saturated carbocycles. The average Bonchev–Trinajstić information content (AvgIpc) is 3.01. The molecule has 2 bridgehead atoms. The van der Waals surface area contributed by atoms with Gasteiger partial charge in [-0.15, -0.1) is 0 Å². The number of aromatic nitrogens is 1. The first kappa shape index (κ1) is 11.9. The van der Waals surface area contributed by atoms with Crippen LogP contribution in [0.4, 0.5) is 0 Å². The van der Waals surface area contributed by atoms with Crippen LogP contribution in [0, 0.1) is 0 Å². The largest absolute Gasteiger partial charge is 0.378 e. The number of nitrogens with one attached hydrogen (secondary N) is 1. The Kier molecular flexibility index (Phi) is 2.90. The minimum atomic E-state index is 0.353. The second-order valence-electron chi connectivity index (χ2n) is 5.36. The van der Waals surface area contributed by atoms with E-state index in [4.69, 9.17) is 9.26 Å². The van der Waals surface area contributed by atoms with Crippen molar-refractivity contribution in [2.75, 3.05) is 13.2 Å². The molecule has 2 aliphatic heterocycles. The highest BCUT2D eigenvalue weighted by Gasteiger charge is 2.26. The van der Waals surface area contributed by atoms with Gasteiger partial charge in [0, 0.05) is 23.7 Å². The number of morpholine rings is 1. The Balaban J connectivity index is 1.61. The molecule has 3 heterocycles. The zero-order valence-electron chi connectivity index (χ0n) is 11.1. The molecule has 0 aliphatic carbocycles. The molecule has 1 saturated heterocycles. The van der Waals surface area contributed by atoms with E-state index in [0.717, 1.165) is 31.0 Å². The maximum atomic E-state index is 5.56. The molecule has 2 aliphatic rings. The summed E-state index contributed by atoms with van der Waals surface area (Å²) in [7, 11) is 0. The number of benzene rings is 1. The van der Waals surface area contributed by atoms with Crippen LogP contribution in [-0.4, -0.2) is 30.5 Å². The van der Waals surface area contributed by atoms with E-state index in [2.05, 4.69) is 40.8 Å². The zero-order valence-corrected chi connectivity index (χ0v) is 11.1. The summed E-state index contributed by atoms with van der Waals surface area (Å²) < 4.78 is 10.7. The number of hydrogen-bond donors (Lipinski definition) is 1. The third-order valence-corrected chi connectivity index (χ3v) is 3.91. The standard InChI is InChI=1S/C16H16N2O2/c1-3-12(16-5-6-17-20-16)4-2-11(1)13-7-14-9-19-10-15(8-13)18-14/h1-7,14-15,18H,8-10H2. The monoisotopic (exact) mass is 268 g/mol. The second-order valence-corrected chi connectivity index (χ2v) is 5.36. The SMILES string of the molecule is C1=C(c2ccc(-c3ccno3)cc2)CC2COCC1N2. The number of rotatable bonds is 2. The fourth-order valence-corrected chi connectivity index (χ4v) is 2.95. The number of nitrogens with zero attached hydrogens (tertiary/aromatic N) is 1. The van der Waals surface area contributed by atoms with Crippen molar-refractivity contribution in [3.05, 3.63) is 48.2 Å². The predicted octanol–water partition coefficient (Wildman–Crippen LogP) is 2.49. The molecule has 1 N–H and O–H groups in total. The minimum Gasteiger partial charge on any atom is -0.378 e. The molecule has 0 amide bonds. The van der Waals surface area contributed by atoms with Crippen molar-refractivity contribution >= 4 is 5.57 Å².